The molecule has 3 rings (SSSR count). The van der Waals surface area contributed by atoms with Gasteiger partial charge in [-0.15, -0.1) is 0 Å². The van der Waals surface area contributed by atoms with Crippen molar-refractivity contribution in [2.75, 3.05) is 33.8 Å². The van der Waals surface area contributed by atoms with Crippen molar-refractivity contribution in [1.29, 1.82) is 0 Å². The lowest BCUT2D eigenvalue weighted by molar-refractivity contribution is -0.298. The highest BCUT2D eigenvalue weighted by Gasteiger charge is 2.51. The Morgan fingerprint density at radius 3 is 2.31 bits per heavy atom. The van der Waals surface area contributed by atoms with Crippen molar-refractivity contribution in [3.63, 3.8) is 0 Å². The van der Waals surface area contributed by atoms with Crippen LogP contribution in [0.1, 0.15) is 93.6 Å². The number of rotatable bonds is 13. The summed E-state index contributed by atoms with van der Waals surface area (Å²) in [5.74, 6) is -5.20. The number of Topliss-reactive ketones (excluding diaryl/α,β-unsaturated/α-hetero) is 1. The molecule has 0 saturated carbocycles. The lowest BCUT2D eigenvalue weighted by atomic mass is 9.79. The molecule has 14 atom stereocenters. The van der Waals surface area contributed by atoms with Crippen molar-refractivity contribution < 1.29 is 48.7 Å². The Bertz CT molecular complexity index is 1360. The predicted octanol–water partition coefficient (Wildman–Crippen LogP) is 3.25. The molecule has 0 bridgehead atoms. The Morgan fingerprint density at radius 1 is 1.04 bits per heavy atom. The van der Waals surface area contributed by atoms with Gasteiger partial charge in [0.25, 0.3) is 0 Å². The molecule has 5 N–H and O–H groups in total. The van der Waals surface area contributed by atoms with Crippen LogP contribution >= 0.6 is 0 Å². The lowest BCUT2D eigenvalue weighted by Crippen LogP contribution is -2.60. The number of aryl methyl sites for hydroxylation is 1. The predicted molar refractivity (Wildman–Crippen MR) is 210 cm³/mol. The molecule has 1 unspecified atom stereocenters. The van der Waals surface area contributed by atoms with Crippen LogP contribution in [0.3, 0.4) is 0 Å². The molecule has 2 fully saturated rings. The molecule has 1 aromatic carbocycles. The van der Waals surface area contributed by atoms with E-state index in [2.05, 4.69) is 29.7 Å². The molecule has 2 heterocycles. The molecule has 0 spiro atoms. The fraction of sp³-hybridized carbons (Fsp3) is 0.786. The minimum atomic E-state index is -2.00. The van der Waals surface area contributed by atoms with E-state index in [4.69, 9.17) is 18.9 Å². The van der Waals surface area contributed by atoms with Crippen LogP contribution < -0.4 is 10.6 Å². The van der Waals surface area contributed by atoms with Crippen LogP contribution in [-0.4, -0.2) is 132 Å². The Hall–Kier alpha value is -2.49. The molecule has 1 aromatic rings. The van der Waals surface area contributed by atoms with Crippen LogP contribution in [0.2, 0.25) is 0 Å². The number of aliphatic hydroxyl groups is 3. The van der Waals surface area contributed by atoms with Crippen LogP contribution in [0.4, 0.5) is 0 Å². The van der Waals surface area contributed by atoms with Crippen LogP contribution in [0.5, 0.6) is 0 Å². The van der Waals surface area contributed by atoms with E-state index in [-0.39, 0.29) is 37.5 Å². The van der Waals surface area contributed by atoms with Crippen LogP contribution in [0, 0.1) is 23.7 Å². The van der Waals surface area contributed by atoms with Gasteiger partial charge in [-0.1, -0.05) is 58.0 Å². The molecule has 2 aliphatic rings. The average Bonchev–Trinajstić information content (AvgIpc) is 3.14. The third-order valence-electron chi connectivity index (χ3n) is 11.6. The number of aliphatic hydroxyl groups excluding tert-OH is 2. The SMILES string of the molecule is CC[C@H]1OC(=O)[C@H](C)C(=O)[C@H](C)[C@@H](O[C@@H]2O[C@H](C)C[C@H](N(C)C)[C@H]2O)[C@](C)(OCC(C)CNCCCc2ccccc2)C[C@@H](C)NC(=O)[C@H](C)[C@@H](O)[C@]1(C)O. The van der Waals surface area contributed by atoms with Crippen molar-refractivity contribution in [2.45, 2.75) is 155 Å². The zero-order valence-corrected chi connectivity index (χ0v) is 35.1. The maximum atomic E-state index is 14.4. The summed E-state index contributed by atoms with van der Waals surface area (Å²) in [6.45, 7) is 17.0. The van der Waals surface area contributed by atoms with Crippen molar-refractivity contribution in [3.05, 3.63) is 35.9 Å². The van der Waals surface area contributed by atoms with Crippen molar-refractivity contribution in [3.8, 4) is 0 Å². The van der Waals surface area contributed by atoms with E-state index in [1.165, 1.54) is 26.3 Å². The highest BCUT2D eigenvalue weighted by atomic mass is 16.7. The van der Waals surface area contributed by atoms with Crippen LogP contribution in [-0.2, 0) is 39.8 Å². The highest BCUT2D eigenvalue weighted by molar-refractivity contribution is 6.00. The molecule has 0 aliphatic carbocycles. The number of nitrogens with zero attached hydrogens (tertiary/aromatic N) is 1. The van der Waals surface area contributed by atoms with Gasteiger partial charge in [0.05, 0.1) is 36.4 Å². The molecule has 13 nitrogen and oxygen atoms in total. The summed E-state index contributed by atoms with van der Waals surface area (Å²) in [5.41, 5.74) is -1.99. The van der Waals surface area contributed by atoms with Gasteiger partial charge in [0.1, 0.15) is 23.7 Å². The summed E-state index contributed by atoms with van der Waals surface area (Å²) < 4.78 is 25.5. The van der Waals surface area contributed by atoms with E-state index >= 15 is 0 Å². The Balaban J connectivity index is 1.99. The fourth-order valence-corrected chi connectivity index (χ4v) is 8.04. The molecule has 2 saturated heterocycles. The summed E-state index contributed by atoms with van der Waals surface area (Å²) in [4.78, 5) is 43.5. The third kappa shape index (κ3) is 12.5. The Labute approximate surface area is 329 Å². The third-order valence-corrected chi connectivity index (χ3v) is 11.6. The molecule has 1 amide bonds. The number of hydrogen-bond acceptors (Lipinski definition) is 12. The van der Waals surface area contributed by atoms with Crippen molar-refractivity contribution in [1.82, 2.24) is 15.5 Å². The van der Waals surface area contributed by atoms with E-state index in [0.29, 0.717) is 13.0 Å². The average molecular weight is 778 g/mol. The van der Waals surface area contributed by atoms with E-state index < -0.39 is 83.4 Å². The summed E-state index contributed by atoms with van der Waals surface area (Å²) in [6, 6.07) is 9.47. The summed E-state index contributed by atoms with van der Waals surface area (Å²) >= 11 is 0. The number of ether oxygens (including phenoxy) is 4. The number of carbonyl (C=O) groups is 3. The first-order valence-electron chi connectivity index (χ1n) is 20.2. The molecular formula is C42H71N3O10. The Kier molecular flexibility index (Phi) is 17.7. The smallest absolute Gasteiger partial charge is 0.316 e. The highest BCUT2D eigenvalue weighted by Crippen LogP contribution is 2.37. The lowest BCUT2D eigenvalue weighted by Gasteiger charge is -2.47. The molecular weight excluding hydrogens is 706 g/mol. The topological polar surface area (TPSA) is 176 Å². The first-order chi connectivity index (χ1) is 25.7. The van der Waals surface area contributed by atoms with Gasteiger partial charge in [-0.3, -0.25) is 14.4 Å². The Morgan fingerprint density at radius 2 is 1.69 bits per heavy atom. The molecule has 0 aromatic heterocycles. The zero-order chi connectivity index (χ0) is 41.2. The van der Waals surface area contributed by atoms with Crippen LogP contribution in [0.15, 0.2) is 30.3 Å². The van der Waals surface area contributed by atoms with Gasteiger partial charge in [-0.2, -0.15) is 0 Å². The van der Waals surface area contributed by atoms with Gasteiger partial charge in [0.2, 0.25) is 5.91 Å². The second-order valence-electron chi connectivity index (χ2n) is 17.0. The van der Waals surface area contributed by atoms with E-state index in [0.717, 1.165) is 19.4 Å². The minimum absolute atomic E-state index is 0.0358. The quantitative estimate of drug-likeness (QED) is 0.113. The molecule has 0 radical (unpaired) electrons. The second kappa shape index (κ2) is 20.8. The number of esters is 1. The fourth-order valence-electron chi connectivity index (χ4n) is 8.04. The molecule has 314 valence electrons. The maximum absolute atomic E-state index is 14.4. The zero-order valence-electron chi connectivity index (χ0n) is 35.1. The largest absolute Gasteiger partial charge is 0.459 e. The summed E-state index contributed by atoms with van der Waals surface area (Å²) in [7, 11) is 3.75. The number of likely N-dealkylation sites (N-methyl/N-ethyl adjacent to an activating group) is 1. The normalized spacial score (nSPS) is 37.8. The number of nitrogens with one attached hydrogen (secondary N) is 2. The van der Waals surface area contributed by atoms with Crippen molar-refractivity contribution >= 4 is 17.7 Å². The number of benzene rings is 1. The number of amides is 1. The number of hydrogen-bond donors (Lipinski definition) is 5. The summed E-state index contributed by atoms with van der Waals surface area (Å²) in [6.07, 6.45) is -3.55. The van der Waals surface area contributed by atoms with Gasteiger partial charge in [0.15, 0.2) is 12.1 Å². The van der Waals surface area contributed by atoms with E-state index in [1.54, 1.807) is 20.8 Å². The first-order valence-corrected chi connectivity index (χ1v) is 20.2. The second-order valence-corrected chi connectivity index (χ2v) is 17.0. The summed E-state index contributed by atoms with van der Waals surface area (Å²) in [5, 5.41) is 40.7. The molecule has 55 heavy (non-hydrogen) atoms. The van der Waals surface area contributed by atoms with Gasteiger partial charge in [-0.05, 0) is 105 Å². The van der Waals surface area contributed by atoms with Gasteiger partial charge >= 0.3 is 5.97 Å². The molecule has 2 aliphatic heterocycles. The number of ketones is 1. The first kappa shape index (κ1) is 46.9. The standard InChI is InChI=1S/C42H71N3O10/c1-12-33-42(9,51)36(48)30(7)38(49)44-26(3)22-41(8,52-24-25(2)23-43-20-16-19-31-17-14-13-15-18-31)37(28(5)34(46)29(6)39(50)54-33)55-40-35(47)32(45(10)11)21-27(4)53-40/h13-15,17-18,25-30,32-33,35-37,40,43,47-48,51H,12,16,19-24H2,1-11H3,(H,44,49)/t25?,26-,27-,28+,29-,30-,32+,33-,35-,36-,37-,40+,41-,42-/m1/s1. The molecule has 13 heteroatoms. The monoisotopic (exact) mass is 778 g/mol. The van der Waals surface area contributed by atoms with Crippen LogP contribution in [0.25, 0.3) is 0 Å². The van der Waals surface area contributed by atoms with Gasteiger partial charge in [0, 0.05) is 18.0 Å². The van der Waals surface area contributed by atoms with Gasteiger partial charge in [-0.25, -0.2) is 0 Å². The number of cyclic esters (lactones) is 1. The van der Waals surface area contributed by atoms with Gasteiger partial charge < -0.3 is 49.8 Å². The minimum Gasteiger partial charge on any atom is -0.459 e. The maximum Gasteiger partial charge on any atom is 0.316 e. The number of carbonyl (C=O) groups excluding carboxylic acids is 3. The van der Waals surface area contributed by atoms with E-state index in [9.17, 15) is 29.7 Å². The van der Waals surface area contributed by atoms with Crippen molar-refractivity contribution in [2.24, 2.45) is 23.7 Å². The van der Waals surface area contributed by atoms with E-state index in [1.807, 2.05) is 51.0 Å².